The van der Waals surface area contributed by atoms with Crippen LogP contribution in [-0.4, -0.2) is 50.1 Å². The summed E-state index contributed by atoms with van der Waals surface area (Å²) in [5, 5.41) is 0.716. The van der Waals surface area contributed by atoms with Crippen molar-refractivity contribution in [1.82, 2.24) is 4.90 Å². The van der Waals surface area contributed by atoms with Crippen LogP contribution in [0.1, 0.15) is 24.8 Å². The maximum Gasteiger partial charge on any atom is 0.151 e. The molecule has 6 heteroatoms. The summed E-state index contributed by atoms with van der Waals surface area (Å²) in [4.78, 5) is 2.27. The van der Waals surface area contributed by atoms with Crippen LogP contribution in [0.3, 0.4) is 0 Å². The van der Waals surface area contributed by atoms with E-state index in [-0.39, 0.29) is 17.9 Å². The Hall–Kier alpha value is -0.620. The lowest BCUT2D eigenvalue weighted by atomic mass is 10.1. The molecule has 2 fully saturated rings. The van der Waals surface area contributed by atoms with Crippen LogP contribution in [0.4, 0.5) is 0 Å². The molecule has 22 heavy (non-hydrogen) atoms. The van der Waals surface area contributed by atoms with Crippen molar-refractivity contribution in [2.45, 2.75) is 38.0 Å². The van der Waals surface area contributed by atoms with Gasteiger partial charge in [0.25, 0.3) is 0 Å². The van der Waals surface area contributed by atoms with Crippen LogP contribution in [0.25, 0.3) is 0 Å². The fourth-order valence-electron chi connectivity index (χ4n) is 3.33. The Balaban J connectivity index is 1.73. The van der Waals surface area contributed by atoms with Crippen LogP contribution in [0.5, 0.6) is 0 Å². The Morgan fingerprint density at radius 3 is 2.82 bits per heavy atom. The third-order valence-electron chi connectivity index (χ3n) is 4.46. The molecule has 0 bridgehead atoms. The van der Waals surface area contributed by atoms with Crippen molar-refractivity contribution in [3.63, 3.8) is 0 Å². The molecule has 0 aromatic heterocycles. The minimum Gasteiger partial charge on any atom is -0.377 e. The fraction of sp³-hybridized carbons (Fsp3) is 0.625. The van der Waals surface area contributed by atoms with E-state index in [1.165, 1.54) is 0 Å². The van der Waals surface area contributed by atoms with E-state index in [1.54, 1.807) is 0 Å². The molecular formula is C16H22ClNO3S. The van der Waals surface area contributed by atoms with Gasteiger partial charge in [-0.3, -0.25) is 4.90 Å². The minimum absolute atomic E-state index is 0.0909. The first-order valence-electron chi connectivity index (χ1n) is 7.82. The lowest BCUT2D eigenvalue weighted by molar-refractivity contribution is 0.0574. The lowest BCUT2D eigenvalue weighted by Gasteiger charge is -2.30. The number of halogens is 1. The number of ether oxygens (including phenoxy) is 1. The zero-order chi connectivity index (χ0) is 15.6. The van der Waals surface area contributed by atoms with E-state index in [9.17, 15) is 8.42 Å². The third kappa shape index (κ3) is 4.22. The number of benzene rings is 1. The first-order chi connectivity index (χ1) is 10.5. The van der Waals surface area contributed by atoms with Crippen LogP contribution in [0.15, 0.2) is 24.3 Å². The Morgan fingerprint density at radius 1 is 1.32 bits per heavy atom. The first-order valence-corrected chi connectivity index (χ1v) is 10.0. The van der Waals surface area contributed by atoms with E-state index in [0.717, 1.165) is 44.5 Å². The van der Waals surface area contributed by atoms with Gasteiger partial charge >= 0.3 is 0 Å². The highest BCUT2D eigenvalue weighted by atomic mass is 35.5. The van der Waals surface area contributed by atoms with Gasteiger partial charge in [-0.2, -0.15) is 0 Å². The second-order valence-electron chi connectivity index (χ2n) is 6.25. The summed E-state index contributed by atoms with van der Waals surface area (Å²) in [7, 11) is -2.88. The normalized spacial score (nSPS) is 27.5. The number of hydrogen-bond donors (Lipinski definition) is 0. The van der Waals surface area contributed by atoms with Gasteiger partial charge in [0, 0.05) is 30.8 Å². The van der Waals surface area contributed by atoms with Gasteiger partial charge in [0.15, 0.2) is 9.84 Å². The molecule has 3 rings (SSSR count). The highest BCUT2D eigenvalue weighted by molar-refractivity contribution is 7.91. The van der Waals surface area contributed by atoms with Crippen LogP contribution < -0.4 is 0 Å². The van der Waals surface area contributed by atoms with E-state index in [2.05, 4.69) is 4.90 Å². The second kappa shape index (κ2) is 6.87. The van der Waals surface area contributed by atoms with Crippen molar-refractivity contribution in [2.24, 2.45) is 0 Å². The molecule has 0 saturated carbocycles. The monoisotopic (exact) mass is 343 g/mol. The Morgan fingerprint density at radius 2 is 2.18 bits per heavy atom. The molecule has 1 aromatic carbocycles. The van der Waals surface area contributed by atoms with Crippen molar-refractivity contribution < 1.29 is 13.2 Å². The highest BCUT2D eigenvalue weighted by Gasteiger charge is 2.33. The van der Waals surface area contributed by atoms with Crippen LogP contribution in [-0.2, 0) is 21.1 Å². The van der Waals surface area contributed by atoms with Gasteiger partial charge in [-0.25, -0.2) is 8.42 Å². The van der Waals surface area contributed by atoms with Gasteiger partial charge in [-0.1, -0.05) is 23.7 Å². The topological polar surface area (TPSA) is 46.6 Å². The lowest BCUT2D eigenvalue weighted by Crippen LogP contribution is -2.40. The molecule has 4 nitrogen and oxygen atoms in total. The Bertz CT molecular complexity index is 614. The molecule has 2 aliphatic heterocycles. The summed E-state index contributed by atoms with van der Waals surface area (Å²) in [5.74, 6) is 0.565. The average molecular weight is 344 g/mol. The number of sulfone groups is 1. The molecule has 122 valence electrons. The molecule has 2 atom stereocenters. The molecule has 2 heterocycles. The standard InChI is InChI=1S/C16H22ClNO3S/c17-14-4-1-3-13(9-14)10-18(11-16-5-2-7-21-16)15-6-8-22(19,20)12-15/h1,3-4,9,15-16H,2,5-8,10-12H2/t15-,16-/m1/s1. The molecule has 0 aliphatic carbocycles. The maximum atomic E-state index is 11.8. The zero-order valence-electron chi connectivity index (χ0n) is 12.6. The molecule has 2 saturated heterocycles. The summed E-state index contributed by atoms with van der Waals surface area (Å²) in [6.45, 7) is 2.34. The number of rotatable bonds is 5. The summed E-state index contributed by atoms with van der Waals surface area (Å²) in [6, 6.07) is 7.88. The quantitative estimate of drug-likeness (QED) is 0.824. The van der Waals surface area contributed by atoms with E-state index in [0.29, 0.717) is 10.8 Å². The Labute approximate surface area is 137 Å². The average Bonchev–Trinajstić information content (AvgIpc) is 3.07. The summed E-state index contributed by atoms with van der Waals surface area (Å²) in [6.07, 6.45) is 3.10. The van der Waals surface area contributed by atoms with Crippen LogP contribution in [0, 0.1) is 0 Å². The van der Waals surface area contributed by atoms with Crippen molar-refractivity contribution >= 4 is 21.4 Å². The summed E-state index contributed by atoms with van der Waals surface area (Å²) in [5.41, 5.74) is 1.12. The van der Waals surface area contributed by atoms with Crippen molar-refractivity contribution in [1.29, 1.82) is 0 Å². The third-order valence-corrected chi connectivity index (χ3v) is 6.45. The van der Waals surface area contributed by atoms with E-state index < -0.39 is 9.84 Å². The highest BCUT2D eigenvalue weighted by Crippen LogP contribution is 2.23. The molecule has 0 N–H and O–H groups in total. The van der Waals surface area contributed by atoms with Gasteiger partial charge in [-0.15, -0.1) is 0 Å². The first kappa shape index (κ1) is 16.2. The van der Waals surface area contributed by atoms with Gasteiger partial charge in [0.05, 0.1) is 17.6 Å². The van der Waals surface area contributed by atoms with Gasteiger partial charge in [-0.05, 0) is 37.0 Å². The zero-order valence-corrected chi connectivity index (χ0v) is 14.2. The molecule has 0 amide bonds. The summed E-state index contributed by atoms with van der Waals surface area (Å²) >= 11 is 6.06. The molecule has 0 radical (unpaired) electrons. The molecule has 2 aliphatic rings. The van der Waals surface area contributed by atoms with Crippen molar-refractivity contribution in [3.05, 3.63) is 34.9 Å². The molecular weight excluding hydrogens is 322 g/mol. The molecule has 0 spiro atoms. The van der Waals surface area contributed by atoms with Crippen molar-refractivity contribution in [3.8, 4) is 0 Å². The Kier molecular flexibility index (Phi) is 5.07. The van der Waals surface area contributed by atoms with Gasteiger partial charge in [0.2, 0.25) is 0 Å². The van der Waals surface area contributed by atoms with Crippen molar-refractivity contribution in [2.75, 3.05) is 24.7 Å². The van der Waals surface area contributed by atoms with E-state index >= 15 is 0 Å². The largest absolute Gasteiger partial charge is 0.377 e. The van der Waals surface area contributed by atoms with E-state index in [4.69, 9.17) is 16.3 Å². The SMILES string of the molecule is O=S1(=O)CC[C@@H](N(Cc2cccc(Cl)c2)C[C@H]2CCCO2)C1. The summed E-state index contributed by atoms with van der Waals surface area (Å²) < 4.78 is 29.4. The smallest absolute Gasteiger partial charge is 0.151 e. The van der Waals surface area contributed by atoms with E-state index in [1.807, 2.05) is 24.3 Å². The predicted octanol–water partition coefficient (Wildman–Crippen LogP) is 2.51. The molecule has 0 unspecified atom stereocenters. The fourth-order valence-corrected chi connectivity index (χ4v) is 5.30. The maximum absolute atomic E-state index is 11.8. The van der Waals surface area contributed by atoms with Crippen LogP contribution >= 0.6 is 11.6 Å². The number of nitrogens with zero attached hydrogens (tertiary/aromatic N) is 1. The van der Waals surface area contributed by atoms with Gasteiger partial charge in [0.1, 0.15) is 0 Å². The molecule has 1 aromatic rings. The second-order valence-corrected chi connectivity index (χ2v) is 8.92. The van der Waals surface area contributed by atoms with Crippen LogP contribution in [0.2, 0.25) is 5.02 Å². The predicted molar refractivity (Wildman–Crippen MR) is 87.9 cm³/mol. The minimum atomic E-state index is -2.88. The number of hydrogen-bond acceptors (Lipinski definition) is 4. The van der Waals surface area contributed by atoms with Gasteiger partial charge < -0.3 is 4.74 Å².